The number of hydrogen-bond donors (Lipinski definition) is 0. The summed E-state index contributed by atoms with van der Waals surface area (Å²) >= 11 is 1.73. The summed E-state index contributed by atoms with van der Waals surface area (Å²) in [5.41, 5.74) is 0. The molecule has 0 saturated heterocycles. The lowest BCUT2D eigenvalue weighted by Crippen LogP contribution is -1.91. The van der Waals surface area contributed by atoms with Crippen molar-refractivity contribution in [1.82, 2.24) is 0 Å². The molecule has 0 atom stereocenters. The van der Waals surface area contributed by atoms with Crippen molar-refractivity contribution in [2.45, 2.75) is 4.90 Å². The third-order valence-corrected chi connectivity index (χ3v) is 2.17. The predicted octanol–water partition coefficient (Wildman–Crippen LogP) is 2.97. The Morgan fingerprint density at radius 1 is 1.42 bits per heavy atom. The lowest BCUT2D eigenvalue weighted by atomic mass is 10.3. The largest absolute Gasteiger partial charge is 0.490 e. The van der Waals surface area contributed by atoms with Crippen LogP contribution >= 0.6 is 11.8 Å². The van der Waals surface area contributed by atoms with Gasteiger partial charge in [0.2, 0.25) is 0 Å². The summed E-state index contributed by atoms with van der Waals surface area (Å²) in [6.07, 6.45) is 3.79. The van der Waals surface area contributed by atoms with Gasteiger partial charge >= 0.3 is 0 Å². The first-order chi connectivity index (χ1) is 5.86. The van der Waals surface area contributed by atoms with Crippen LogP contribution in [0.2, 0.25) is 0 Å². The van der Waals surface area contributed by atoms with E-state index in [4.69, 9.17) is 4.74 Å². The van der Waals surface area contributed by atoms with Gasteiger partial charge in [0.1, 0.15) is 12.4 Å². The maximum absolute atomic E-state index is 5.33. The monoisotopic (exact) mass is 180 g/mol. The zero-order valence-corrected chi connectivity index (χ0v) is 7.93. The fraction of sp³-hybridized carbons (Fsp3) is 0.200. The average molecular weight is 180 g/mol. The molecule has 0 heterocycles. The second kappa shape index (κ2) is 4.88. The molecule has 0 N–H and O–H groups in total. The van der Waals surface area contributed by atoms with E-state index in [2.05, 4.69) is 12.8 Å². The van der Waals surface area contributed by atoms with Gasteiger partial charge in [0.05, 0.1) is 0 Å². The van der Waals surface area contributed by atoms with Gasteiger partial charge in [-0.3, -0.25) is 0 Å². The Morgan fingerprint density at radius 2 is 2.08 bits per heavy atom. The Labute approximate surface area is 77.4 Å². The molecule has 12 heavy (non-hydrogen) atoms. The van der Waals surface area contributed by atoms with Crippen LogP contribution in [0.25, 0.3) is 0 Å². The molecule has 0 spiro atoms. The van der Waals surface area contributed by atoms with Gasteiger partial charge < -0.3 is 4.74 Å². The Kier molecular flexibility index (Phi) is 3.74. The van der Waals surface area contributed by atoms with Crippen LogP contribution in [0.5, 0.6) is 5.75 Å². The lowest BCUT2D eigenvalue weighted by Gasteiger charge is -2.02. The molecule has 0 aliphatic rings. The molecule has 1 aromatic rings. The van der Waals surface area contributed by atoms with Crippen LogP contribution in [0.4, 0.5) is 0 Å². The van der Waals surface area contributed by atoms with E-state index in [0.29, 0.717) is 6.61 Å². The molecule has 64 valence electrons. The van der Waals surface area contributed by atoms with Gasteiger partial charge in [-0.05, 0) is 30.5 Å². The van der Waals surface area contributed by atoms with Gasteiger partial charge in [0.25, 0.3) is 0 Å². The summed E-state index contributed by atoms with van der Waals surface area (Å²) in [7, 11) is 0. The zero-order valence-electron chi connectivity index (χ0n) is 7.12. The summed E-state index contributed by atoms with van der Waals surface area (Å²) < 4.78 is 5.33. The number of benzene rings is 1. The first-order valence-corrected chi connectivity index (χ1v) is 4.97. The second-order valence-electron chi connectivity index (χ2n) is 2.28. The fourth-order valence-corrected chi connectivity index (χ4v) is 1.24. The third-order valence-electron chi connectivity index (χ3n) is 1.43. The molecule has 1 rings (SSSR count). The number of ether oxygens (including phenoxy) is 1. The van der Waals surface area contributed by atoms with Crippen molar-refractivity contribution in [2.75, 3.05) is 12.9 Å². The number of rotatable bonds is 4. The predicted molar refractivity (Wildman–Crippen MR) is 53.9 cm³/mol. The molecule has 0 saturated carbocycles. The zero-order chi connectivity index (χ0) is 8.81. The molecule has 0 aromatic heterocycles. The van der Waals surface area contributed by atoms with Crippen molar-refractivity contribution in [3.8, 4) is 5.75 Å². The van der Waals surface area contributed by atoms with Gasteiger partial charge in [-0.25, -0.2) is 0 Å². The first-order valence-electron chi connectivity index (χ1n) is 3.74. The van der Waals surface area contributed by atoms with E-state index < -0.39 is 0 Å². The maximum Gasteiger partial charge on any atom is 0.119 e. The number of hydrogen-bond acceptors (Lipinski definition) is 2. The van der Waals surface area contributed by atoms with Crippen LogP contribution in [0, 0.1) is 0 Å². The summed E-state index contributed by atoms with van der Waals surface area (Å²) in [6, 6.07) is 8.02. The quantitative estimate of drug-likeness (QED) is 0.520. The Morgan fingerprint density at radius 3 is 2.58 bits per heavy atom. The van der Waals surface area contributed by atoms with E-state index in [1.54, 1.807) is 17.8 Å². The highest BCUT2D eigenvalue weighted by atomic mass is 32.2. The molecule has 0 amide bonds. The SMILES string of the molecule is C=CCOc1ccc(SC)cc1. The molecular formula is C10H12OS. The number of thioether (sulfide) groups is 1. The summed E-state index contributed by atoms with van der Waals surface area (Å²) in [5, 5.41) is 0. The molecule has 0 fully saturated rings. The van der Waals surface area contributed by atoms with E-state index >= 15 is 0 Å². The second-order valence-corrected chi connectivity index (χ2v) is 3.15. The van der Waals surface area contributed by atoms with Crippen molar-refractivity contribution in [3.05, 3.63) is 36.9 Å². The van der Waals surface area contributed by atoms with Crippen molar-refractivity contribution in [2.24, 2.45) is 0 Å². The van der Waals surface area contributed by atoms with E-state index in [9.17, 15) is 0 Å². The maximum atomic E-state index is 5.33. The van der Waals surface area contributed by atoms with Gasteiger partial charge in [0, 0.05) is 4.90 Å². The van der Waals surface area contributed by atoms with E-state index in [-0.39, 0.29) is 0 Å². The van der Waals surface area contributed by atoms with E-state index in [1.807, 2.05) is 24.3 Å². The third kappa shape index (κ3) is 2.62. The van der Waals surface area contributed by atoms with Gasteiger partial charge in [0.15, 0.2) is 0 Å². The van der Waals surface area contributed by atoms with Crippen LogP contribution in [0.1, 0.15) is 0 Å². The van der Waals surface area contributed by atoms with Gasteiger partial charge in [-0.2, -0.15) is 0 Å². The summed E-state index contributed by atoms with van der Waals surface area (Å²) in [4.78, 5) is 1.25. The molecule has 0 aliphatic heterocycles. The minimum atomic E-state index is 0.568. The molecule has 0 unspecified atom stereocenters. The topological polar surface area (TPSA) is 9.23 Å². The molecule has 1 aromatic carbocycles. The Hall–Kier alpha value is -0.890. The molecule has 1 nitrogen and oxygen atoms in total. The van der Waals surface area contributed by atoms with Crippen molar-refractivity contribution in [1.29, 1.82) is 0 Å². The van der Waals surface area contributed by atoms with Crippen molar-refractivity contribution in [3.63, 3.8) is 0 Å². The van der Waals surface area contributed by atoms with Crippen LogP contribution < -0.4 is 4.74 Å². The highest BCUT2D eigenvalue weighted by molar-refractivity contribution is 7.98. The van der Waals surface area contributed by atoms with Crippen LogP contribution in [-0.4, -0.2) is 12.9 Å². The van der Waals surface area contributed by atoms with Gasteiger partial charge in [-0.15, -0.1) is 11.8 Å². The van der Waals surface area contributed by atoms with E-state index in [1.165, 1.54) is 4.90 Å². The minimum Gasteiger partial charge on any atom is -0.490 e. The van der Waals surface area contributed by atoms with Crippen LogP contribution in [0.15, 0.2) is 41.8 Å². The molecule has 0 bridgehead atoms. The Balaban J connectivity index is 2.58. The normalized spacial score (nSPS) is 9.42. The molecule has 0 radical (unpaired) electrons. The Bertz CT molecular complexity index is 241. The molecular weight excluding hydrogens is 168 g/mol. The minimum absolute atomic E-state index is 0.568. The standard InChI is InChI=1S/C10H12OS/c1-3-8-11-9-4-6-10(12-2)7-5-9/h3-7H,1,8H2,2H3. The highest BCUT2D eigenvalue weighted by Gasteiger charge is 1.91. The van der Waals surface area contributed by atoms with E-state index in [0.717, 1.165) is 5.75 Å². The average Bonchev–Trinajstić information content (AvgIpc) is 2.15. The lowest BCUT2D eigenvalue weighted by molar-refractivity contribution is 0.363. The van der Waals surface area contributed by atoms with Crippen molar-refractivity contribution >= 4 is 11.8 Å². The molecule has 2 heteroatoms. The van der Waals surface area contributed by atoms with Gasteiger partial charge in [-0.1, -0.05) is 12.7 Å². The smallest absolute Gasteiger partial charge is 0.119 e. The van der Waals surface area contributed by atoms with Crippen LogP contribution in [0.3, 0.4) is 0 Å². The highest BCUT2D eigenvalue weighted by Crippen LogP contribution is 2.18. The summed E-state index contributed by atoms with van der Waals surface area (Å²) in [6.45, 7) is 4.15. The van der Waals surface area contributed by atoms with Crippen LogP contribution in [-0.2, 0) is 0 Å². The first kappa shape index (κ1) is 9.20. The molecule has 0 aliphatic carbocycles. The fourth-order valence-electron chi connectivity index (χ4n) is 0.827. The van der Waals surface area contributed by atoms with Crippen molar-refractivity contribution < 1.29 is 4.74 Å². The summed E-state index contributed by atoms with van der Waals surface area (Å²) in [5.74, 6) is 0.896.